The summed E-state index contributed by atoms with van der Waals surface area (Å²) in [6.07, 6.45) is 1.72. The summed E-state index contributed by atoms with van der Waals surface area (Å²) in [4.78, 5) is 4.12. The van der Waals surface area contributed by atoms with Crippen molar-refractivity contribution >= 4 is 11.6 Å². The van der Waals surface area contributed by atoms with E-state index in [0.29, 0.717) is 12.4 Å². The van der Waals surface area contributed by atoms with Crippen molar-refractivity contribution in [3.05, 3.63) is 52.2 Å². The normalized spacial score (nSPS) is 10.8. The molecule has 0 atom stereocenters. The maximum Gasteiger partial charge on any atom is 0.208 e. The van der Waals surface area contributed by atoms with Gasteiger partial charge in [0.1, 0.15) is 5.76 Å². The third kappa shape index (κ3) is 3.32. The molecule has 17 heavy (non-hydrogen) atoms. The Hall–Kier alpha value is -1.32. The van der Waals surface area contributed by atoms with Gasteiger partial charge in [0.05, 0.1) is 12.7 Å². The van der Waals surface area contributed by atoms with E-state index in [9.17, 15) is 0 Å². The van der Waals surface area contributed by atoms with Crippen LogP contribution in [0.15, 0.2) is 28.8 Å². The molecule has 0 saturated heterocycles. The minimum atomic E-state index is 0.624. The molecule has 1 N–H and O–H groups in total. The van der Waals surface area contributed by atoms with Gasteiger partial charge in [0.25, 0.3) is 0 Å². The summed E-state index contributed by atoms with van der Waals surface area (Å²) in [5.41, 5.74) is 2.25. The maximum atomic E-state index is 6.05. The van der Waals surface area contributed by atoms with E-state index in [2.05, 4.69) is 16.4 Å². The second kappa shape index (κ2) is 5.34. The van der Waals surface area contributed by atoms with Crippen LogP contribution in [-0.4, -0.2) is 4.98 Å². The molecule has 1 aromatic heterocycles. The number of hydrogen-bond acceptors (Lipinski definition) is 3. The largest absolute Gasteiger partial charge is 0.445 e. The molecule has 0 aliphatic carbocycles. The molecule has 1 aromatic carbocycles. The SMILES string of the molecule is Cc1cnc(CNCc2ccc(C)c(Cl)c2)o1. The van der Waals surface area contributed by atoms with E-state index in [4.69, 9.17) is 16.0 Å². The fraction of sp³-hybridized carbons (Fsp3) is 0.308. The lowest BCUT2D eigenvalue weighted by molar-refractivity contribution is 0.449. The zero-order valence-corrected chi connectivity index (χ0v) is 10.7. The summed E-state index contributed by atoms with van der Waals surface area (Å²) < 4.78 is 5.36. The van der Waals surface area contributed by atoms with Gasteiger partial charge in [-0.15, -0.1) is 0 Å². The highest BCUT2D eigenvalue weighted by Gasteiger charge is 2.01. The van der Waals surface area contributed by atoms with E-state index in [0.717, 1.165) is 28.5 Å². The summed E-state index contributed by atoms with van der Waals surface area (Å²) in [5.74, 6) is 1.54. The number of aromatic nitrogens is 1. The predicted molar refractivity (Wildman–Crippen MR) is 68.0 cm³/mol. The standard InChI is InChI=1S/C13H15ClN2O/c1-9-3-4-11(5-12(9)14)7-15-8-13-16-6-10(2)17-13/h3-6,15H,7-8H2,1-2H3. The zero-order chi connectivity index (χ0) is 12.3. The van der Waals surface area contributed by atoms with Gasteiger partial charge in [-0.1, -0.05) is 23.7 Å². The Bertz CT molecular complexity index is 508. The lowest BCUT2D eigenvalue weighted by Gasteiger charge is -2.04. The molecular weight excluding hydrogens is 236 g/mol. The van der Waals surface area contributed by atoms with Gasteiger partial charge in [0, 0.05) is 11.6 Å². The summed E-state index contributed by atoms with van der Waals surface area (Å²) in [6.45, 7) is 5.26. The van der Waals surface area contributed by atoms with Crippen LogP contribution >= 0.6 is 11.6 Å². The van der Waals surface area contributed by atoms with Crippen LogP contribution in [-0.2, 0) is 13.1 Å². The number of hydrogen-bond donors (Lipinski definition) is 1. The van der Waals surface area contributed by atoms with E-state index in [1.54, 1.807) is 6.20 Å². The average molecular weight is 251 g/mol. The lowest BCUT2D eigenvalue weighted by Crippen LogP contribution is -2.12. The zero-order valence-electron chi connectivity index (χ0n) is 9.96. The van der Waals surface area contributed by atoms with E-state index in [1.165, 1.54) is 0 Å². The van der Waals surface area contributed by atoms with Crippen LogP contribution in [0.1, 0.15) is 22.8 Å². The van der Waals surface area contributed by atoms with Gasteiger partial charge in [-0.25, -0.2) is 4.98 Å². The van der Waals surface area contributed by atoms with Gasteiger partial charge < -0.3 is 9.73 Å². The molecule has 3 nitrogen and oxygen atoms in total. The number of halogens is 1. The highest BCUT2D eigenvalue weighted by Crippen LogP contribution is 2.16. The molecule has 4 heteroatoms. The molecule has 0 bridgehead atoms. The van der Waals surface area contributed by atoms with Crippen LogP contribution in [0.3, 0.4) is 0 Å². The molecule has 0 saturated carbocycles. The number of benzene rings is 1. The number of oxazole rings is 1. The third-order valence-electron chi connectivity index (χ3n) is 2.51. The summed E-state index contributed by atoms with van der Waals surface area (Å²) in [5, 5.41) is 4.07. The van der Waals surface area contributed by atoms with E-state index in [1.807, 2.05) is 26.0 Å². The van der Waals surface area contributed by atoms with Crippen molar-refractivity contribution in [2.45, 2.75) is 26.9 Å². The Morgan fingerprint density at radius 2 is 2.12 bits per heavy atom. The molecule has 0 fully saturated rings. The van der Waals surface area contributed by atoms with Crippen LogP contribution in [0.2, 0.25) is 5.02 Å². The minimum absolute atomic E-state index is 0.624. The Morgan fingerprint density at radius 1 is 1.29 bits per heavy atom. The van der Waals surface area contributed by atoms with Crippen LogP contribution in [0.25, 0.3) is 0 Å². The third-order valence-corrected chi connectivity index (χ3v) is 2.92. The highest BCUT2D eigenvalue weighted by atomic mass is 35.5. The van der Waals surface area contributed by atoms with E-state index in [-0.39, 0.29) is 0 Å². The molecule has 0 aliphatic rings. The second-order valence-corrected chi connectivity index (χ2v) is 4.46. The molecule has 0 aliphatic heterocycles. The summed E-state index contributed by atoms with van der Waals surface area (Å²) in [6, 6.07) is 6.06. The average Bonchev–Trinajstić information content (AvgIpc) is 2.70. The van der Waals surface area contributed by atoms with E-state index >= 15 is 0 Å². The first-order valence-corrected chi connectivity index (χ1v) is 5.90. The van der Waals surface area contributed by atoms with Crippen LogP contribution in [0, 0.1) is 13.8 Å². The second-order valence-electron chi connectivity index (χ2n) is 4.05. The predicted octanol–water partition coefficient (Wildman–Crippen LogP) is 3.23. The van der Waals surface area contributed by atoms with Crippen molar-refractivity contribution in [1.29, 1.82) is 0 Å². The molecular formula is C13H15ClN2O. The molecule has 1 heterocycles. The first-order valence-electron chi connectivity index (χ1n) is 5.52. The monoisotopic (exact) mass is 250 g/mol. The Kier molecular flexibility index (Phi) is 3.82. The Balaban J connectivity index is 1.87. The Labute approximate surface area is 106 Å². The van der Waals surface area contributed by atoms with Gasteiger partial charge in [-0.2, -0.15) is 0 Å². The Morgan fingerprint density at radius 3 is 2.76 bits per heavy atom. The molecule has 0 amide bonds. The van der Waals surface area contributed by atoms with Crippen molar-refractivity contribution in [2.75, 3.05) is 0 Å². The molecule has 0 spiro atoms. The number of aryl methyl sites for hydroxylation is 2. The lowest BCUT2D eigenvalue weighted by atomic mass is 10.1. The van der Waals surface area contributed by atoms with Crippen molar-refractivity contribution in [1.82, 2.24) is 10.3 Å². The fourth-order valence-electron chi connectivity index (χ4n) is 1.54. The number of nitrogens with one attached hydrogen (secondary N) is 1. The summed E-state index contributed by atoms with van der Waals surface area (Å²) >= 11 is 6.05. The van der Waals surface area contributed by atoms with Gasteiger partial charge in [0.15, 0.2) is 0 Å². The molecule has 0 unspecified atom stereocenters. The van der Waals surface area contributed by atoms with Gasteiger partial charge >= 0.3 is 0 Å². The van der Waals surface area contributed by atoms with E-state index < -0.39 is 0 Å². The number of nitrogens with zero attached hydrogens (tertiary/aromatic N) is 1. The van der Waals surface area contributed by atoms with Crippen molar-refractivity contribution in [2.24, 2.45) is 0 Å². The maximum absolute atomic E-state index is 6.05. The fourth-order valence-corrected chi connectivity index (χ4v) is 1.75. The van der Waals surface area contributed by atoms with Gasteiger partial charge in [0.2, 0.25) is 5.89 Å². The minimum Gasteiger partial charge on any atom is -0.445 e. The van der Waals surface area contributed by atoms with Crippen molar-refractivity contribution < 1.29 is 4.42 Å². The van der Waals surface area contributed by atoms with Crippen molar-refractivity contribution in [3.8, 4) is 0 Å². The first kappa shape index (κ1) is 12.1. The smallest absolute Gasteiger partial charge is 0.208 e. The van der Waals surface area contributed by atoms with Gasteiger partial charge in [-0.05, 0) is 31.0 Å². The topological polar surface area (TPSA) is 38.1 Å². The molecule has 90 valence electrons. The molecule has 2 rings (SSSR count). The molecule has 0 radical (unpaired) electrons. The van der Waals surface area contributed by atoms with Crippen molar-refractivity contribution in [3.63, 3.8) is 0 Å². The summed E-state index contributed by atoms with van der Waals surface area (Å²) in [7, 11) is 0. The van der Waals surface area contributed by atoms with Crippen LogP contribution in [0.4, 0.5) is 0 Å². The number of rotatable bonds is 4. The van der Waals surface area contributed by atoms with Crippen LogP contribution in [0.5, 0.6) is 0 Å². The molecule has 2 aromatic rings. The quantitative estimate of drug-likeness (QED) is 0.905. The van der Waals surface area contributed by atoms with Crippen LogP contribution < -0.4 is 5.32 Å². The van der Waals surface area contributed by atoms with Gasteiger partial charge in [-0.3, -0.25) is 0 Å². The highest BCUT2D eigenvalue weighted by molar-refractivity contribution is 6.31. The first-order chi connectivity index (χ1) is 8.15.